The zero-order valence-corrected chi connectivity index (χ0v) is 15.3. The highest BCUT2D eigenvalue weighted by Gasteiger charge is 2.38. The molecule has 1 aromatic carbocycles. The molecule has 2 N–H and O–H groups in total. The molecular weight excluding hydrogens is 368 g/mol. The van der Waals surface area contributed by atoms with Crippen LogP contribution in [0.5, 0.6) is 11.5 Å². The van der Waals surface area contributed by atoms with Gasteiger partial charge in [-0.1, -0.05) is 6.07 Å². The van der Waals surface area contributed by atoms with Crippen molar-refractivity contribution < 1.29 is 9.84 Å². The van der Waals surface area contributed by atoms with Gasteiger partial charge in [-0.15, -0.1) is 12.4 Å². The van der Waals surface area contributed by atoms with E-state index < -0.39 is 0 Å². The average Bonchev–Trinajstić information content (AvgIpc) is 2.87. The lowest BCUT2D eigenvalue weighted by Gasteiger charge is -2.34. The number of ether oxygens (including phenoxy) is 1. The summed E-state index contributed by atoms with van der Waals surface area (Å²) in [6.45, 7) is 5.52. The molecule has 1 spiro atoms. The van der Waals surface area contributed by atoms with Gasteiger partial charge < -0.3 is 15.2 Å². The van der Waals surface area contributed by atoms with Crippen LogP contribution in [0.1, 0.15) is 24.8 Å². The summed E-state index contributed by atoms with van der Waals surface area (Å²) in [7, 11) is 1.57. The van der Waals surface area contributed by atoms with Gasteiger partial charge in [0.05, 0.1) is 11.6 Å². The van der Waals surface area contributed by atoms with Gasteiger partial charge in [0, 0.05) is 13.1 Å². The number of benzene rings is 1. The molecule has 1 aromatic rings. The standard InChI is InChI=1S/C16H23BrN2O2.ClH/c1-21-13-3-2-12(14(17)15(13)20)10-19-9-6-16(11-19)4-7-18-8-5-16;/h2-3,18,20H,4-11H2,1H3;1H. The fraction of sp³-hybridized carbons (Fsp3) is 0.625. The van der Waals surface area contributed by atoms with Crippen LogP contribution in [0.4, 0.5) is 0 Å². The van der Waals surface area contributed by atoms with Crippen LogP contribution in [0, 0.1) is 5.41 Å². The molecule has 0 unspecified atom stereocenters. The minimum absolute atomic E-state index is 0. The van der Waals surface area contributed by atoms with Crippen molar-refractivity contribution in [1.82, 2.24) is 10.2 Å². The number of rotatable bonds is 3. The van der Waals surface area contributed by atoms with Gasteiger partial charge in [0.15, 0.2) is 11.5 Å². The maximum Gasteiger partial charge on any atom is 0.172 e. The van der Waals surface area contributed by atoms with E-state index in [1.165, 1.54) is 25.8 Å². The van der Waals surface area contributed by atoms with Crippen LogP contribution in [0.15, 0.2) is 16.6 Å². The lowest BCUT2D eigenvalue weighted by molar-refractivity contribution is 0.194. The van der Waals surface area contributed by atoms with Gasteiger partial charge in [-0.25, -0.2) is 0 Å². The van der Waals surface area contributed by atoms with Gasteiger partial charge >= 0.3 is 0 Å². The van der Waals surface area contributed by atoms with Crippen molar-refractivity contribution in [2.75, 3.05) is 33.3 Å². The third-order valence-electron chi connectivity index (χ3n) is 4.95. The number of likely N-dealkylation sites (tertiary alicyclic amines) is 1. The highest BCUT2D eigenvalue weighted by molar-refractivity contribution is 9.10. The summed E-state index contributed by atoms with van der Waals surface area (Å²) in [6.07, 6.45) is 3.88. The number of nitrogens with one attached hydrogen (secondary N) is 1. The molecule has 0 aliphatic carbocycles. The monoisotopic (exact) mass is 390 g/mol. The van der Waals surface area contributed by atoms with Crippen LogP contribution in [-0.2, 0) is 6.54 Å². The number of methoxy groups -OCH3 is 1. The van der Waals surface area contributed by atoms with Crippen molar-refractivity contribution in [3.05, 3.63) is 22.2 Å². The van der Waals surface area contributed by atoms with Crippen molar-refractivity contribution >= 4 is 28.3 Å². The van der Waals surface area contributed by atoms with E-state index >= 15 is 0 Å². The van der Waals surface area contributed by atoms with Gasteiger partial charge in [0.2, 0.25) is 0 Å². The number of piperidine rings is 1. The molecule has 0 bridgehead atoms. The summed E-state index contributed by atoms with van der Waals surface area (Å²) in [5.74, 6) is 0.715. The lowest BCUT2D eigenvalue weighted by Crippen LogP contribution is -2.38. The van der Waals surface area contributed by atoms with E-state index in [1.807, 2.05) is 12.1 Å². The van der Waals surface area contributed by atoms with Crippen molar-refractivity contribution in [3.8, 4) is 11.5 Å². The first-order valence-corrected chi connectivity index (χ1v) is 8.40. The Balaban J connectivity index is 0.00000176. The first kappa shape index (κ1) is 17.9. The molecule has 2 aliphatic rings. The summed E-state index contributed by atoms with van der Waals surface area (Å²) in [5, 5.41) is 13.6. The molecule has 6 heteroatoms. The van der Waals surface area contributed by atoms with Crippen LogP contribution in [0.25, 0.3) is 0 Å². The zero-order chi connectivity index (χ0) is 14.9. The normalized spacial score (nSPS) is 20.8. The first-order valence-electron chi connectivity index (χ1n) is 7.61. The van der Waals surface area contributed by atoms with E-state index in [0.717, 1.165) is 36.2 Å². The molecule has 2 heterocycles. The Morgan fingerprint density at radius 3 is 2.73 bits per heavy atom. The second kappa shape index (κ2) is 7.39. The Kier molecular flexibility index (Phi) is 6.00. The number of hydrogen-bond acceptors (Lipinski definition) is 4. The Labute approximate surface area is 146 Å². The molecule has 2 aliphatic heterocycles. The van der Waals surface area contributed by atoms with E-state index in [4.69, 9.17) is 4.74 Å². The number of nitrogens with zero attached hydrogens (tertiary/aromatic N) is 1. The fourth-order valence-corrected chi connectivity index (χ4v) is 4.10. The van der Waals surface area contributed by atoms with Crippen LogP contribution in [-0.4, -0.2) is 43.3 Å². The van der Waals surface area contributed by atoms with Gasteiger partial charge in [-0.2, -0.15) is 0 Å². The van der Waals surface area contributed by atoms with Gasteiger partial charge in [-0.3, -0.25) is 4.90 Å². The topological polar surface area (TPSA) is 44.7 Å². The lowest BCUT2D eigenvalue weighted by atomic mass is 9.78. The van der Waals surface area contributed by atoms with Crippen LogP contribution < -0.4 is 10.1 Å². The van der Waals surface area contributed by atoms with Gasteiger partial charge in [-0.05, 0) is 71.9 Å². The number of phenols is 1. The van der Waals surface area contributed by atoms with Crippen molar-refractivity contribution in [2.24, 2.45) is 5.41 Å². The van der Waals surface area contributed by atoms with Crippen LogP contribution in [0.3, 0.4) is 0 Å². The second-order valence-electron chi connectivity index (χ2n) is 6.30. The fourth-order valence-electron chi connectivity index (χ4n) is 3.64. The maximum absolute atomic E-state index is 10.1. The molecule has 4 nitrogen and oxygen atoms in total. The van der Waals surface area contributed by atoms with Crippen LogP contribution in [0.2, 0.25) is 0 Å². The number of aromatic hydroxyl groups is 1. The zero-order valence-electron chi connectivity index (χ0n) is 12.9. The summed E-state index contributed by atoms with van der Waals surface area (Å²) >= 11 is 3.50. The predicted molar refractivity (Wildman–Crippen MR) is 94.0 cm³/mol. The van der Waals surface area contributed by atoms with E-state index in [1.54, 1.807) is 7.11 Å². The molecule has 3 rings (SSSR count). The van der Waals surface area contributed by atoms with E-state index in [0.29, 0.717) is 11.2 Å². The Hall–Kier alpha value is -0.490. The Morgan fingerprint density at radius 1 is 1.32 bits per heavy atom. The van der Waals surface area contributed by atoms with Gasteiger partial charge in [0.1, 0.15) is 0 Å². The minimum atomic E-state index is 0. The number of halogens is 2. The number of phenolic OH excluding ortho intramolecular Hbond substituents is 1. The molecule has 0 saturated carbocycles. The first-order chi connectivity index (χ1) is 10.1. The summed E-state index contributed by atoms with van der Waals surface area (Å²) < 4.78 is 5.90. The molecule has 0 radical (unpaired) electrons. The van der Waals surface area contributed by atoms with Crippen LogP contribution >= 0.6 is 28.3 Å². The van der Waals surface area contributed by atoms with Gasteiger partial charge in [0.25, 0.3) is 0 Å². The number of hydrogen-bond donors (Lipinski definition) is 2. The molecule has 22 heavy (non-hydrogen) atoms. The molecule has 124 valence electrons. The highest BCUT2D eigenvalue weighted by Crippen LogP contribution is 2.41. The summed E-state index contributed by atoms with van der Waals surface area (Å²) in [6, 6.07) is 3.88. The molecule has 0 amide bonds. The van der Waals surface area contributed by atoms with E-state index in [-0.39, 0.29) is 18.2 Å². The quantitative estimate of drug-likeness (QED) is 0.831. The molecule has 0 aromatic heterocycles. The third kappa shape index (κ3) is 3.53. The molecule has 2 fully saturated rings. The maximum atomic E-state index is 10.1. The molecular formula is C16H24BrClN2O2. The Morgan fingerprint density at radius 2 is 2.05 bits per heavy atom. The molecule has 0 atom stereocenters. The third-order valence-corrected chi connectivity index (χ3v) is 5.84. The summed E-state index contributed by atoms with van der Waals surface area (Å²) in [5.41, 5.74) is 1.64. The van der Waals surface area contributed by atoms with Crippen molar-refractivity contribution in [2.45, 2.75) is 25.8 Å². The highest BCUT2D eigenvalue weighted by atomic mass is 79.9. The minimum Gasteiger partial charge on any atom is -0.503 e. The average molecular weight is 392 g/mol. The molecule has 2 saturated heterocycles. The predicted octanol–water partition coefficient (Wildman–Crippen LogP) is 3.16. The largest absolute Gasteiger partial charge is 0.503 e. The summed E-state index contributed by atoms with van der Waals surface area (Å²) in [4.78, 5) is 2.51. The van der Waals surface area contributed by atoms with Crippen molar-refractivity contribution in [1.29, 1.82) is 0 Å². The SMILES string of the molecule is COc1ccc(CN2CCC3(CCNCC3)C2)c(Br)c1O.Cl. The smallest absolute Gasteiger partial charge is 0.172 e. The van der Waals surface area contributed by atoms with Crippen molar-refractivity contribution in [3.63, 3.8) is 0 Å². The second-order valence-corrected chi connectivity index (χ2v) is 7.09. The van der Waals surface area contributed by atoms with E-state index in [2.05, 4.69) is 26.1 Å². The van der Waals surface area contributed by atoms with E-state index in [9.17, 15) is 5.11 Å². The Bertz CT molecular complexity index is 521.